The van der Waals surface area contributed by atoms with Gasteiger partial charge in [-0.25, -0.2) is 9.78 Å². The third kappa shape index (κ3) is 1.82. The summed E-state index contributed by atoms with van der Waals surface area (Å²) in [7, 11) is 0. The number of carboxylic acid groups (broad SMARTS) is 1. The van der Waals surface area contributed by atoms with Gasteiger partial charge >= 0.3 is 5.97 Å². The summed E-state index contributed by atoms with van der Waals surface area (Å²) in [6.45, 7) is 0. The predicted molar refractivity (Wildman–Crippen MR) is 76.2 cm³/mol. The number of carboxylic acids is 1. The molecular formula is C16H18N2O2. The second-order valence-corrected chi connectivity index (χ2v) is 6.06. The van der Waals surface area contributed by atoms with Crippen molar-refractivity contribution in [2.45, 2.75) is 50.5 Å². The number of hydrogen-bond acceptors (Lipinski definition) is 2. The number of aromatic carboxylic acids is 1. The van der Waals surface area contributed by atoms with Gasteiger partial charge in [0.1, 0.15) is 5.82 Å². The Labute approximate surface area is 117 Å². The van der Waals surface area contributed by atoms with E-state index in [0.29, 0.717) is 17.5 Å². The molecule has 0 spiro atoms. The van der Waals surface area contributed by atoms with Crippen LogP contribution in [0.5, 0.6) is 0 Å². The fourth-order valence-electron chi connectivity index (χ4n) is 3.43. The summed E-state index contributed by atoms with van der Waals surface area (Å²) in [6, 6.07) is 5.92. The van der Waals surface area contributed by atoms with Gasteiger partial charge in [-0.15, -0.1) is 0 Å². The van der Waals surface area contributed by atoms with Crippen molar-refractivity contribution in [3.05, 3.63) is 29.6 Å². The summed E-state index contributed by atoms with van der Waals surface area (Å²) in [4.78, 5) is 15.9. The molecule has 1 aromatic carbocycles. The second-order valence-electron chi connectivity index (χ2n) is 6.06. The normalized spacial score (nSPS) is 19.8. The smallest absolute Gasteiger partial charge is 0.335 e. The van der Waals surface area contributed by atoms with E-state index >= 15 is 0 Å². The molecule has 0 amide bonds. The molecule has 0 bridgehead atoms. The topological polar surface area (TPSA) is 55.1 Å². The highest BCUT2D eigenvalue weighted by Crippen LogP contribution is 2.44. The summed E-state index contributed by atoms with van der Waals surface area (Å²) < 4.78 is 2.41. The summed E-state index contributed by atoms with van der Waals surface area (Å²) >= 11 is 0. The Morgan fingerprint density at radius 2 is 1.95 bits per heavy atom. The van der Waals surface area contributed by atoms with Crippen molar-refractivity contribution in [2.75, 3.05) is 0 Å². The van der Waals surface area contributed by atoms with E-state index in [-0.39, 0.29) is 0 Å². The van der Waals surface area contributed by atoms with Crippen LogP contribution in [0.4, 0.5) is 0 Å². The predicted octanol–water partition coefficient (Wildman–Crippen LogP) is 3.73. The number of rotatable bonds is 3. The first-order valence-electron chi connectivity index (χ1n) is 7.49. The number of benzene rings is 1. The highest BCUT2D eigenvalue weighted by Gasteiger charge is 2.32. The molecular weight excluding hydrogens is 252 g/mol. The minimum absolute atomic E-state index is 0.330. The SMILES string of the molecule is O=C(O)c1ccc2c(c1)nc(C1CC1)n2C1CCCC1. The molecule has 2 aliphatic rings. The van der Waals surface area contributed by atoms with Crippen LogP contribution in [0.2, 0.25) is 0 Å². The third-order valence-corrected chi connectivity index (χ3v) is 4.60. The molecule has 4 rings (SSSR count). The minimum Gasteiger partial charge on any atom is -0.478 e. The molecule has 1 N–H and O–H groups in total. The van der Waals surface area contributed by atoms with E-state index in [4.69, 9.17) is 10.1 Å². The molecule has 104 valence electrons. The van der Waals surface area contributed by atoms with Crippen molar-refractivity contribution in [3.63, 3.8) is 0 Å². The maximum Gasteiger partial charge on any atom is 0.335 e. The van der Waals surface area contributed by atoms with Crippen molar-refractivity contribution < 1.29 is 9.90 Å². The molecule has 2 fully saturated rings. The number of aromatic nitrogens is 2. The maximum absolute atomic E-state index is 11.1. The Balaban J connectivity index is 1.89. The van der Waals surface area contributed by atoms with E-state index < -0.39 is 5.97 Å². The van der Waals surface area contributed by atoms with Gasteiger partial charge in [0.15, 0.2) is 0 Å². The highest BCUT2D eigenvalue weighted by molar-refractivity contribution is 5.92. The average molecular weight is 270 g/mol. The molecule has 1 aromatic heterocycles. The first-order chi connectivity index (χ1) is 9.74. The van der Waals surface area contributed by atoms with E-state index in [2.05, 4.69) is 4.57 Å². The Kier molecular flexibility index (Phi) is 2.59. The fourth-order valence-corrected chi connectivity index (χ4v) is 3.43. The summed E-state index contributed by atoms with van der Waals surface area (Å²) in [5.74, 6) is 0.904. The van der Waals surface area contributed by atoms with Gasteiger partial charge in [-0.05, 0) is 43.9 Å². The number of hydrogen-bond donors (Lipinski definition) is 1. The molecule has 2 saturated carbocycles. The lowest BCUT2D eigenvalue weighted by atomic mass is 10.2. The molecule has 0 atom stereocenters. The largest absolute Gasteiger partial charge is 0.478 e. The van der Waals surface area contributed by atoms with Gasteiger partial charge < -0.3 is 9.67 Å². The van der Waals surface area contributed by atoms with E-state index in [0.717, 1.165) is 11.0 Å². The van der Waals surface area contributed by atoms with Gasteiger partial charge in [0.25, 0.3) is 0 Å². The number of imidazole rings is 1. The van der Waals surface area contributed by atoms with E-state index in [9.17, 15) is 4.79 Å². The molecule has 0 saturated heterocycles. The number of nitrogens with zero attached hydrogens (tertiary/aromatic N) is 2. The summed E-state index contributed by atoms with van der Waals surface area (Å²) in [5.41, 5.74) is 2.29. The van der Waals surface area contributed by atoms with E-state index in [1.165, 1.54) is 44.3 Å². The van der Waals surface area contributed by atoms with Gasteiger partial charge in [-0.1, -0.05) is 12.8 Å². The van der Waals surface area contributed by atoms with Crippen LogP contribution >= 0.6 is 0 Å². The first kappa shape index (κ1) is 11.9. The highest BCUT2D eigenvalue weighted by atomic mass is 16.4. The van der Waals surface area contributed by atoms with Crippen molar-refractivity contribution in [2.24, 2.45) is 0 Å². The molecule has 2 aliphatic carbocycles. The van der Waals surface area contributed by atoms with Crippen LogP contribution in [0, 0.1) is 0 Å². The van der Waals surface area contributed by atoms with E-state index in [1.54, 1.807) is 12.1 Å². The quantitative estimate of drug-likeness (QED) is 0.924. The monoisotopic (exact) mass is 270 g/mol. The standard InChI is InChI=1S/C16H18N2O2/c19-16(20)11-7-8-14-13(9-11)17-15(10-5-6-10)18(14)12-3-1-2-4-12/h7-10,12H,1-6H2,(H,19,20). The van der Waals surface area contributed by atoms with Gasteiger partial charge in [0, 0.05) is 12.0 Å². The molecule has 0 aliphatic heterocycles. The lowest BCUT2D eigenvalue weighted by Crippen LogP contribution is -2.08. The minimum atomic E-state index is -0.879. The van der Waals surface area contributed by atoms with Crippen LogP contribution in [0.1, 0.15) is 66.7 Å². The zero-order valence-corrected chi connectivity index (χ0v) is 11.4. The summed E-state index contributed by atoms with van der Waals surface area (Å²) in [6.07, 6.45) is 7.49. The molecule has 20 heavy (non-hydrogen) atoms. The van der Waals surface area contributed by atoms with Gasteiger partial charge in [-0.2, -0.15) is 0 Å². The Morgan fingerprint density at radius 3 is 2.60 bits per heavy atom. The van der Waals surface area contributed by atoms with Gasteiger partial charge in [-0.3, -0.25) is 0 Å². The lowest BCUT2D eigenvalue weighted by Gasteiger charge is -2.16. The molecule has 4 heteroatoms. The fraction of sp³-hybridized carbons (Fsp3) is 0.500. The Morgan fingerprint density at radius 1 is 1.20 bits per heavy atom. The number of fused-ring (bicyclic) bond motifs is 1. The Bertz CT molecular complexity index is 679. The summed E-state index contributed by atoms with van der Waals surface area (Å²) in [5, 5.41) is 9.12. The molecule has 2 aromatic rings. The zero-order chi connectivity index (χ0) is 13.7. The third-order valence-electron chi connectivity index (χ3n) is 4.60. The van der Waals surface area contributed by atoms with Crippen LogP contribution in [0.25, 0.3) is 11.0 Å². The van der Waals surface area contributed by atoms with Crippen LogP contribution in [0.3, 0.4) is 0 Å². The zero-order valence-electron chi connectivity index (χ0n) is 11.4. The second kappa shape index (κ2) is 4.33. The van der Waals surface area contributed by atoms with E-state index in [1.807, 2.05) is 6.07 Å². The van der Waals surface area contributed by atoms with Crippen LogP contribution in [-0.4, -0.2) is 20.6 Å². The molecule has 1 heterocycles. The molecule has 0 radical (unpaired) electrons. The number of carbonyl (C=O) groups is 1. The molecule has 4 nitrogen and oxygen atoms in total. The first-order valence-corrected chi connectivity index (χ1v) is 7.49. The Hall–Kier alpha value is -1.84. The van der Waals surface area contributed by atoms with Gasteiger partial charge in [0.2, 0.25) is 0 Å². The van der Waals surface area contributed by atoms with Crippen molar-refractivity contribution in [1.29, 1.82) is 0 Å². The lowest BCUT2D eigenvalue weighted by molar-refractivity contribution is 0.0697. The van der Waals surface area contributed by atoms with Crippen molar-refractivity contribution >= 4 is 17.0 Å². The van der Waals surface area contributed by atoms with Crippen molar-refractivity contribution in [1.82, 2.24) is 9.55 Å². The van der Waals surface area contributed by atoms with Crippen LogP contribution in [-0.2, 0) is 0 Å². The maximum atomic E-state index is 11.1. The van der Waals surface area contributed by atoms with Crippen molar-refractivity contribution in [3.8, 4) is 0 Å². The van der Waals surface area contributed by atoms with Crippen LogP contribution < -0.4 is 0 Å². The molecule has 0 unspecified atom stereocenters. The average Bonchev–Trinajstić information content (AvgIpc) is 3.01. The van der Waals surface area contributed by atoms with Gasteiger partial charge in [0.05, 0.1) is 16.6 Å². The van der Waals surface area contributed by atoms with Crippen LogP contribution in [0.15, 0.2) is 18.2 Å².